The van der Waals surface area contributed by atoms with Crippen molar-refractivity contribution in [3.63, 3.8) is 0 Å². The van der Waals surface area contributed by atoms with Crippen LogP contribution in [0.2, 0.25) is 0 Å². The second-order valence-electron chi connectivity index (χ2n) is 5.04. The Labute approximate surface area is 123 Å². The highest BCUT2D eigenvalue weighted by atomic mass is 32.2. The first kappa shape index (κ1) is 15.3. The maximum absolute atomic E-state index is 12.0. The molecule has 6 heteroatoms. The number of aromatic nitrogens is 1. The molecule has 0 spiro atoms. The number of esters is 1. The van der Waals surface area contributed by atoms with Gasteiger partial charge in [-0.15, -0.1) is 11.8 Å². The van der Waals surface area contributed by atoms with Crippen LogP contribution < -0.4 is 10.9 Å². The molecule has 2 heterocycles. The Balaban J connectivity index is 1.83. The molecule has 2 rings (SSSR count). The van der Waals surface area contributed by atoms with Gasteiger partial charge in [-0.05, 0) is 44.6 Å². The maximum atomic E-state index is 12.0. The van der Waals surface area contributed by atoms with Crippen LogP contribution in [-0.4, -0.2) is 35.9 Å². The van der Waals surface area contributed by atoms with Crippen LogP contribution in [0, 0.1) is 5.92 Å². The van der Waals surface area contributed by atoms with Crippen molar-refractivity contribution in [2.24, 2.45) is 5.92 Å². The van der Waals surface area contributed by atoms with Crippen molar-refractivity contribution in [3.05, 3.63) is 23.9 Å². The summed E-state index contributed by atoms with van der Waals surface area (Å²) >= 11 is 1.51. The van der Waals surface area contributed by atoms with Crippen LogP contribution in [0.3, 0.4) is 0 Å². The molecular formula is C14H21N3O2S. The Morgan fingerprint density at radius 2 is 2.10 bits per heavy atom. The SMILES string of the molecule is CSc1cc(C(=O)OCCC2C(C)NNC2C)ccn1. The monoisotopic (exact) mass is 295 g/mol. The lowest BCUT2D eigenvalue weighted by Gasteiger charge is -2.17. The Bertz CT molecular complexity index is 459. The number of pyridine rings is 1. The maximum Gasteiger partial charge on any atom is 0.338 e. The number of hydrogen-bond acceptors (Lipinski definition) is 6. The molecule has 110 valence electrons. The molecular weight excluding hydrogens is 274 g/mol. The van der Waals surface area contributed by atoms with Crippen molar-refractivity contribution < 1.29 is 9.53 Å². The quantitative estimate of drug-likeness (QED) is 0.638. The lowest BCUT2D eigenvalue weighted by atomic mass is 9.94. The Kier molecular flexibility index (Phi) is 5.39. The fraction of sp³-hybridized carbons (Fsp3) is 0.571. The lowest BCUT2D eigenvalue weighted by molar-refractivity contribution is 0.0477. The second kappa shape index (κ2) is 7.06. The van der Waals surface area contributed by atoms with Gasteiger partial charge in [0.2, 0.25) is 0 Å². The summed E-state index contributed by atoms with van der Waals surface area (Å²) in [5, 5.41) is 0.825. The number of rotatable bonds is 5. The van der Waals surface area contributed by atoms with Crippen molar-refractivity contribution in [3.8, 4) is 0 Å². The van der Waals surface area contributed by atoms with Crippen molar-refractivity contribution in [1.29, 1.82) is 0 Å². The molecule has 2 unspecified atom stereocenters. The minimum atomic E-state index is -0.276. The minimum absolute atomic E-state index is 0.276. The molecule has 0 radical (unpaired) electrons. The first-order valence-corrected chi connectivity index (χ1v) is 8.02. The van der Waals surface area contributed by atoms with Crippen LogP contribution in [0.25, 0.3) is 0 Å². The number of nitrogens with one attached hydrogen (secondary N) is 2. The van der Waals surface area contributed by atoms with Gasteiger partial charge in [0.25, 0.3) is 0 Å². The van der Waals surface area contributed by atoms with Crippen molar-refractivity contribution in [2.45, 2.75) is 37.4 Å². The summed E-state index contributed by atoms with van der Waals surface area (Å²) in [5.41, 5.74) is 6.97. The lowest BCUT2D eigenvalue weighted by Crippen LogP contribution is -2.30. The van der Waals surface area contributed by atoms with E-state index in [0.717, 1.165) is 11.4 Å². The number of nitrogens with zero attached hydrogens (tertiary/aromatic N) is 1. The van der Waals surface area contributed by atoms with Gasteiger partial charge >= 0.3 is 5.97 Å². The largest absolute Gasteiger partial charge is 0.462 e. The molecule has 0 aromatic carbocycles. The van der Waals surface area contributed by atoms with Gasteiger partial charge < -0.3 is 4.74 Å². The number of carbonyl (C=O) groups is 1. The summed E-state index contributed by atoms with van der Waals surface area (Å²) in [4.78, 5) is 16.1. The zero-order valence-corrected chi connectivity index (χ0v) is 12.9. The van der Waals surface area contributed by atoms with E-state index in [9.17, 15) is 4.79 Å². The number of carbonyl (C=O) groups excluding carboxylic acids is 1. The molecule has 2 atom stereocenters. The molecule has 1 fully saturated rings. The third kappa shape index (κ3) is 3.71. The average molecular weight is 295 g/mol. The molecule has 1 aromatic rings. The third-order valence-corrected chi connectivity index (χ3v) is 4.33. The molecule has 0 amide bonds. The van der Waals surface area contributed by atoms with E-state index in [1.54, 1.807) is 18.3 Å². The smallest absolute Gasteiger partial charge is 0.338 e. The number of ether oxygens (including phenoxy) is 1. The number of thioether (sulfide) groups is 1. The molecule has 1 aliphatic rings. The van der Waals surface area contributed by atoms with Crippen LogP contribution in [-0.2, 0) is 4.74 Å². The van der Waals surface area contributed by atoms with Gasteiger partial charge in [-0.3, -0.25) is 10.9 Å². The van der Waals surface area contributed by atoms with Gasteiger partial charge in [-0.2, -0.15) is 0 Å². The predicted octanol–water partition coefficient (Wildman–Crippen LogP) is 1.85. The Morgan fingerprint density at radius 1 is 1.40 bits per heavy atom. The molecule has 1 saturated heterocycles. The second-order valence-corrected chi connectivity index (χ2v) is 5.87. The molecule has 5 nitrogen and oxygen atoms in total. The van der Waals surface area contributed by atoms with Crippen LogP contribution in [0.5, 0.6) is 0 Å². The van der Waals surface area contributed by atoms with Crippen LogP contribution in [0.1, 0.15) is 30.6 Å². The number of hydrazine groups is 1. The predicted molar refractivity (Wildman–Crippen MR) is 79.6 cm³/mol. The normalized spacial score (nSPS) is 25.6. The van der Waals surface area contributed by atoms with Gasteiger partial charge in [0.15, 0.2) is 0 Å². The van der Waals surface area contributed by atoms with E-state index < -0.39 is 0 Å². The number of hydrogen-bond donors (Lipinski definition) is 2. The van der Waals surface area contributed by atoms with E-state index in [-0.39, 0.29) is 5.97 Å². The molecule has 0 saturated carbocycles. The minimum Gasteiger partial charge on any atom is -0.462 e. The summed E-state index contributed by atoms with van der Waals surface area (Å²) in [5.74, 6) is 0.198. The van der Waals surface area contributed by atoms with Gasteiger partial charge in [0.05, 0.1) is 17.2 Å². The van der Waals surface area contributed by atoms with Crippen LogP contribution >= 0.6 is 11.8 Å². The summed E-state index contributed by atoms with van der Waals surface area (Å²) in [6.45, 7) is 4.71. The van der Waals surface area contributed by atoms with Crippen LogP contribution in [0.4, 0.5) is 0 Å². The molecule has 20 heavy (non-hydrogen) atoms. The van der Waals surface area contributed by atoms with Gasteiger partial charge in [0, 0.05) is 18.3 Å². The summed E-state index contributed by atoms with van der Waals surface area (Å²) in [6, 6.07) is 4.24. The van der Waals surface area contributed by atoms with Gasteiger partial charge in [-0.25, -0.2) is 9.78 Å². The van der Waals surface area contributed by atoms with E-state index in [1.165, 1.54) is 11.8 Å². The van der Waals surface area contributed by atoms with Gasteiger partial charge in [-0.1, -0.05) is 0 Å². The summed E-state index contributed by atoms with van der Waals surface area (Å²) < 4.78 is 5.35. The zero-order valence-electron chi connectivity index (χ0n) is 12.1. The topological polar surface area (TPSA) is 63.2 Å². The van der Waals surface area contributed by atoms with Crippen molar-refractivity contribution >= 4 is 17.7 Å². The molecule has 1 aromatic heterocycles. The zero-order chi connectivity index (χ0) is 14.5. The van der Waals surface area contributed by atoms with Crippen molar-refractivity contribution in [2.75, 3.05) is 12.9 Å². The molecule has 0 aliphatic carbocycles. The van der Waals surface area contributed by atoms with Crippen LogP contribution in [0.15, 0.2) is 23.4 Å². The Hall–Kier alpha value is -1.11. The van der Waals surface area contributed by atoms with E-state index in [0.29, 0.717) is 30.2 Å². The van der Waals surface area contributed by atoms with E-state index in [4.69, 9.17) is 4.74 Å². The van der Waals surface area contributed by atoms with Gasteiger partial charge in [0.1, 0.15) is 0 Å². The highest BCUT2D eigenvalue weighted by Gasteiger charge is 2.29. The molecule has 2 N–H and O–H groups in total. The fourth-order valence-corrected chi connectivity index (χ4v) is 2.84. The standard InChI is InChI=1S/C14H21N3O2S/c1-9-12(10(2)17-16-9)5-7-19-14(18)11-4-6-15-13(8-11)20-3/h4,6,8-10,12,16-17H,5,7H2,1-3H3. The first-order valence-electron chi connectivity index (χ1n) is 6.80. The summed E-state index contributed by atoms with van der Waals surface area (Å²) in [7, 11) is 0. The average Bonchev–Trinajstić information content (AvgIpc) is 2.79. The highest BCUT2D eigenvalue weighted by molar-refractivity contribution is 7.98. The Morgan fingerprint density at radius 3 is 2.75 bits per heavy atom. The van der Waals surface area contributed by atoms with E-state index in [1.807, 2.05) is 6.26 Å². The van der Waals surface area contributed by atoms with E-state index >= 15 is 0 Å². The summed E-state index contributed by atoms with van der Waals surface area (Å²) in [6.07, 6.45) is 4.42. The third-order valence-electron chi connectivity index (χ3n) is 3.69. The first-order chi connectivity index (χ1) is 9.61. The van der Waals surface area contributed by atoms with Crippen molar-refractivity contribution in [1.82, 2.24) is 15.8 Å². The highest BCUT2D eigenvalue weighted by Crippen LogP contribution is 2.19. The molecule has 0 bridgehead atoms. The molecule has 1 aliphatic heterocycles. The van der Waals surface area contributed by atoms with E-state index in [2.05, 4.69) is 29.7 Å². The fourth-order valence-electron chi connectivity index (χ4n) is 2.43.